The van der Waals surface area contributed by atoms with Crippen LogP contribution in [0.15, 0.2) is 48.5 Å². The molecule has 0 saturated heterocycles. The third kappa shape index (κ3) is 1.02. The Labute approximate surface area is 104 Å². The van der Waals surface area contributed by atoms with Crippen LogP contribution in [0.5, 0.6) is 11.5 Å². The van der Waals surface area contributed by atoms with Gasteiger partial charge in [-0.25, -0.2) is 0 Å². The summed E-state index contributed by atoms with van der Waals surface area (Å²) in [5, 5.41) is 21.5. The fourth-order valence-corrected chi connectivity index (χ4v) is 2.83. The van der Waals surface area contributed by atoms with Crippen LogP contribution in [0.2, 0.25) is 0 Å². The third-order valence-corrected chi connectivity index (χ3v) is 3.60. The largest absolute Gasteiger partial charge is 0.508 e. The molecule has 1 aliphatic carbocycles. The maximum absolute atomic E-state index is 9.93. The number of rotatable bonds is 0. The molecule has 0 amide bonds. The van der Waals surface area contributed by atoms with Crippen molar-refractivity contribution in [1.29, 1.82) is 0 Å². The number of fused-ring (bicyclic) bond motifs is 3. The summed E-state index contributed by atoms with van der Waals surface area (Å²) in [6.45, 7) is 0. The van der Waals surface area contributed by atoms with Gasteiger partial charge in [0.25, 0.3) is 0 Å². The maximum Gasteiger partial charge on any atom is 0.123 e. The molecule has 0 aromatic heterocycles. The monoisotopic (exact) mass is 234 g/mol. The Kier molecular flexibility index (Phi) is 1.61. The van der Waals surface area contributed by atoms with Gasteiger partial charge in [-0.15, -0.1) is 0 Å². The van der Waals surface area contributed by atoms with Crippen molar-refractivity contribution in [2.45, 2.75) is 0 Å². The number of benzene rings is 3. The predicted octanol–water partition coefficient (Wildman–Crippen LogP) is 3.90. The number of hydrogen-bond donors (Lipinski definition) is 2. The fourth-order valence-electron chi connectivity index (χ4n) is 2.83. The maximum atomic E-state index is 9.93. The molecular weight excluding hydrogens is 224 g/mol. The SMILES string of the molecule is Oc1ccc2c(c1)-c1cccc3c(O)ccc-2c13. The van der Waals surface area contributed by atoms with Crippen LogP contribution in [0.3, 0.4) is 0 Å². The normalized spacial score (nSPS) is 11.8. The summed E-state index contributed by atoms with van der Waals surface area (Å²) < 4.78 is 0. The van der Waals surface area contributed by atoms with E-state index in [1.165, 1.54) is 0 Å². The molecule has 0 spiro atoms. The van der Waals surface area contributed by atoms with Crippen LogP contribution >= 0.6 is 0 Å². The first-order valence-corrected chi connectivity index (χ1v) is 5.84. The molecule has 1 aliphatic rings. The lowest BCUT2D eigenvalue weighted by molar-refractivity contribution is 0.475. The molecule has 0 heterocycles. The Bertz CT molecular complexity index is 804. The van der Waals surface area contributed by atoms with Crippen LogP contribution in [-0.4, -0.2) is 10.2 Å². The molecule has 0 saturated carbocycles. The minimum Gasteiger partial charge on any atom is -0.508 e. The van der Waals surface area contributed by atoms with Crippen LogP contribution in [0.1, 0.15) is 0 Å². The quantitative estimate of drug-likeness (QED) is 0.484. The Morgan fingerprint density at radius 1 is 0.667 bits per heavy atom. The lowest BCUT2D eigenvalue weighted by atomic mass is 10.0. The molecular formula is C16H10O2. The molecule has 2 N–H and O–H groups in total. The van der Waals surface area contributed by atoms with Crippen LogP contribution in [0.4, 0.5) is 0 Å². The molecule has 0 fully saturated rings. The van der Waals surface area contributed by atoms with E-state index in [1.807, 2.05) is 30.3 Å². The van der Waals surface area contributed by atoms with E-state index < -0.39 is 0 Å². The topological polar surface area (TPSA) is 40.5 Å². The van der Waals surface area contributed by atoms with E-state index in [2.05, 4.69) is 0 Å². The zero-order valence-corrected chi connectivity index (χ0v) is 9.51. The van der Waals surface area contributed by atoms with Gasteiger partial charge in [-0.1, -0.05) is 30.3 Å². The summed E-state index contributed by atoms with van der Waals surface area (Å²) in [5.41, 5.74) is 4.33. The Balaban J connectivity index is 2.26. The van der Waals surface area contributed by atoms with E-state index in [0.29, 0.717) is 5.75 Å². The molecule has 0 bridgehead atoms. The molecule has 0 aliphatic heterocycles. The van der Waals surface area contributed by atoms with Crippen LogP contribution in [0, 0.1) is 0 Å². The summed E-state index contributed by atoms with van der Waals surface area (Å²) in [6.07, 6.45) is 0. The van der Waals surface area contributed by atoms with Gasteiger partial charge in [0.1, 0.15) is 11.5 Å². The summed E-state index contributed by atoms with van der Waals surface area (Å²) in [5.74, 6) is 0.565. The van der Waals surface area contributed by atoms with E-state index in [9.17, 15) is 10.2 Å². The highest BCUT2D eigenvalue weighted by atomic mass is 16.3. The van der Waals surface area contributed by atoms with Gasteiger partial charge in [0.15, 0.2) is 0 Å². The highest BCUT2D eigenvalue weighted by molar-refractivity contribution is 6.16. The first-order valence-electron chi connectivity index (χ1n) is 5.84. The Hall–Kier alpha value is -2.48. The average molecular weight is 234 g/mol. The highest BCUT2D eigenvalue weighted by Crippen LogP contribution is 2.49. The minimum atomic E-state index is 0.266. The van der Waals surface area contributed by atoms with E-state index in [0.717, 1.165) is 33.0 Å². The predicted molar refractivity (Wildman–Crippen MR) is 71.7 cm³/mol. The molecule has 3 aromatic carbocycles. The van der Waals surface area contributed by atoms with Crippen molar-refractivity contribution in [2.24, 2.45) is 0 Å². The van der Waals surface area contributed by atoms with Crippen molar-refractivity contribution < 1.29 is 10.2 Å². The number of hydrogen-bond acceptors (Lipinski definition) is 2. The van der Waals surface area contributed by atoms with Gasteiger partial charge >= 0.3 is 0 Å². The molecule has 3 aromatic rings. The summed E-state index contributed by atoms with van der Waals surface area (Å²) in [7, 11) is 0. The molecule has 0 radical (unpaired) electrons. The van der Waals surface area contributed by atoms with E-state index in [-0.39, 0.29) is 5.75 Å². The van der Waals surface area contributed by atoms with E-state index in [4.69, 9.17) is 0 Å². The molecule has 4 rings (SSSR count). The number of phenols is 2. The molecule has 86 valence electrons. The van der Waals surface area contributed by atoms with E-state index in [1.54, 1.807) is 18.2 Å². The van der Waals surface area contributed by atoms with Gasteiger partial charge in [0, 0.05) is 10.8 Å². The van der Waals surface area contributed by atoms with Crippen LogP contribution < -0.4 is 0 Å². The number of phenolic OH excluding ortho intramolecular Hbond substituents is 2. The standard InChI is InChI=1S/C16H10O2/c17-9-4-5-10-12-6-7-15(18)13-3-1-2-11(16(12)13)14(10)8-9/h1-8,17-18H. The second-order valence-electron chi connectivity index (χ2n) is 4.59. The second-order valence-corrected chi connectivity index (χ2v) is 4.59. The second kappa shape index (κ2) is 3.05. The first kappa shape index (κ1) is 9.54. The van der Waals surface area contributed by atoms with Gasteiger partial charge in [0.05, 0.1) is 0 Å². The van der Waals surface area contributed by atoms with Crippen molar-refractivity contribution in [2.75, 3.05) is 0 Å². The first-order chi connectivity index (χ1) is 8.75. The van der Waals surface area contributed by atoms with Crippen LogP contribution in [-0.2, 0) is 0 Å². The zero-order valence-electron chi connectivity index (χ0n) is 9.51. The molecule has 0 unspecified atom stereocenters. The average Bonchev–Trinajstić information content (AvgIpc) is 2.69. The summed E-state index contributed by atoms with van der Waals surface area (Å²) in [6, 6.07) is 14.9. The molecule has 2 nitrogen and oxygen atoms in total. The summed E-state index contributed by atoms with van der Waals surface area (Å²) in [4.78, 5) is 0. The number of aromatic hydroxyl groups is 2. The third-order valence-electron chi connectivity index (χ3n) is 3.60. The smallest absolute Gasteiger partial charge is 0.123 e. The lowest BCUT2D eigenvalue weighted by Crippen LogP contribution is -1.76. The van der Waals surface area contributed by atoms with Gasteiger partial charge < -0.3 is 10.2 Å². The minimum absolute atomic E-state index is 0.266. The van der Waals surface area contributed by atoms with Gasteiger partial charge in [-0.05, 0) is 40.5 Å². The lowest BCUT2D eigenvalue weighted by Gasteiger charge is -2.03. The van der Waals surface area contributed by atoms with Gasteiger partial charge in [-0.2, -0.15) is 0 Å². The Morgan fingerprint density at radius 2 is 1.44 bits per heavy atom. The molecule has 0 atom stereocenters. The van der Waals surface area contributed by atoms with Crippen LogP contribution in [0.25, 0.3) is 33.0 Å². The summed E-state index contributed by atoms with van der Waals surface area (Å²) >= 11 is 0. The fraction of sp³-hybridized carbons (Fsp3) is 0. The van der Waals surface area contributed by atoms with Gasteiger partial charge in [0.2, 0.25) is 0 Å². The Morgan fingerprint density at radius 3 is 2.33 bits per heavy atom. The van der Waals surface area contributed by atoms with Crippen molar-refractivity contribution in [3.05, 3.63) is 48.5 Å². The highest BCUT2D eigenvalue weighted by Gasteiger charge is 2.22. The van der Waals surface area contributed by atoms with Gasteiger partial charge in [-0.3, -0.25) is 0 Å². The zero-order chi connectivity index (χ0) is 12.3. The van der Waals surface area contributed by atoms with Crippen molar-refractivity contribution >= 4 is 10.8 Å². The molecule has 18 heavy (non-hydrogen) atoms. The van der Waals surface area contributed by atoms with Crippen molar-refractivity contribution in [3.8, 4) is 33.8 Å². The van der Waals surface area contributed by atoms with Crippen molar-refractivity contribution in [3.63, 3.8) is 0 Å². The van der Waals surface area contributed by atoms with Crippen molar-refractivity contribution in [1.82, 2.24) is 0 Å². The van der Waals surface area contributed by atoms with E-state index >= 15 is 0 Å². The molecule has 2 heteroatoms.